The summed E-state index contributed by atoms with van der Waals surface area (Å²) < 4.78 is 4.55. The van der Waals surface area contributed by atoms with Gasteiger partial charge in [-0.25, -0.2) is 0 Å². The minimum absolute atomic E-state index is 0.0126. The molecular formula is C46H37N3O2. The highest BCUT2D eigenvalue weighted by atomic mass is 16.3. The molecule has 0 saturated heterocycles. The van der Waals surface area contributed by atoms with Crippen LogP contribution in [-0.4, -0.2) is 20.1 Å². The standard InChI is InChI=1S/C46H37N3O2/c1-46(2,3)31-20-22-32(23-21-31)47-45(51)36-15-10-18-42(39(36)28-50)49-41-17-9-7-14-35(41)38-26-37-34-13-6-8-16-40(34)48(43(37)27-44(38)49)33-24-19-29-11-4-5-12-30(29)25-33/h4-27,50H,28H2,1-3H3,(H,47,51). The molecule has 5 heteroatoms. The van der Waals surface area contributed by atoms with Crippen LogP contribution in [0.3, 0.4) is 0 Å². The maximum absolute atomic E-state index is 13.9. The zero-order valence-electron chi connectivity index (χ0n) is 28.8. The van der Waals surface area contributed by atoms with Gasteiger partial charge in [-0.05, 0) is 82.4 Å². The number of carbonyl (C=O) groups is 1. The van der Waals surface area contributed by atoms with Crippen LogP contribution in [0.25, 0.3) is 65.8 Å². The molecule has 2 aromatic heterocycles. The Morgan fingerprint density at radius 1 is 0.588 bits per heavy atom. The summed E-state index contributed by atoms with van der Waals surface area (Å²) in [5, 5.41) is 21.0. The first-order valence-corrected chi connectivity index (χ1v) is 17.4. The Kier molecular flexibility index (Phi) is 7.09. The van der Waals surface area contributed by atoms with Crippen LogP contribution in [0.5, 0.6) is 0 Å². The van der Waals surface area contributed by atoms with Gasteiger partial charge >= 0.3 is 0 Å². The van der Waals surface area contributed by atoms with Crippen LogP contribution in [0, 0.1) is 0 Å². The normalized spacial score (nSPS) is 12.1. The van der Waals surface area contributed by atoms with Gasteiger partial charge in [0.2, 0.25) is 0 Å². The Morgan fingerprint density at radius 3 is 1.90 bits per heavy atom. The highest BCUT2D eigenvalue weighted by molar-refractivity contribution is 6.19. The van der Waals surface area contributed by atoms with E-state index in [1.807, 2.05) is 30.3 Å². The molecule has 0 spiro atoms. The first kappa shape index (κ1) is 30.9. The molecule has 0 bridgehead atoms. The first-order chi connectivity index (χ1) is 24.8. The smallest absolute Gasteiger partial charge is 0.256 e. The van der Waals surface area contributed by atoms with Crippen LogP contribution in [0.15, 0.2) is 146 Å². The van der Waals surface area contributed by atoms with Gasteiger partial charge in [0.1, 0.15) is 0 Å². The number of nitrogens with zero attached hydrogens (tertiary/aromatic N) is 2. The lowest BCUT2D eigenvalue weighted by atomic mass is 9.87. The van der Waals surface area contributed by atoms with Crippen molar-refractivity contribution in [3.05, 3.63) is 162 Å². The molecule has 0 radical (unpaired) electrons. The summed E-state index contributed by atoms with van der Waals surface area (Å²) in [6, 6.07) is 50.3. The summed E-state index contributed by atoms with van der Waals surface area (Å²) in [7, 11) is 0. The highest BCUT2D eigenvalue weighted by Gasteiger charge is 2.22. The second-order valence-electron chi connectivity index (χ2n) is 14.4. The van der Waals surface area contributed by atoms with E-state index in [1.54, 1.807) is 6.07 Å². The number of amides is 1. The topological polar surface area (TPSA) is 59.2 Å². The van der Waals surface area contributed by atoms with Gasteiger partial charge in [-0.1, -0.05) is 106 Å². The summed E-state index contributed by atoms with van der Waals surface area (Å²) in [6.07, 6.45) is 0. The lowest BCUT2D eigenvalue weighted by Crippen LogP contribution is -2.16. The van der Waals surface area contributed by atoms with E-state index < -0.39 is 0 Å². The van der Waals surface area contributed by atoms with E-state index in [2.05, 4.69) is 144 Å². The van der Waals surface area contributed by atoms with Gasteiger partial charge in [0.15, 0.2) is 0 Å². The molecule has 0 aliphatic rings. The molecule has 7 aromatic carbocycles. The second-order valence-corrected chi connectivity index (χ2v) is 14.4. The van der Waals surface area contributed by atoms with Gasteiger partial charge in [-0.15, -0.1) is 0 Å². The molecule has 0 saturated carbocycles. The van der Waals surface area contributed by atoms with E-state index in [9.17, 15) is 9.90 Å². The third-order valence-corrected chi connectivity index (χ3v) is 10.3. The maximum Gasteiger partial charge on any atom is 0.256 e. The Balaban J connectivity index is 1.26. The highest BCUT2D eigenvalue weighted by Crippen LogP contribution is 2.40. The van der Waals surface area contributed by atoms with Crippen LogP contribution in [0.2, 0.25) is 0 Å². The van der Waals surface area contributed by atoms with Crippen molar-refractivity contribution < 1.29 is 9.90 Å². The fourth-order valence-corrected chi connectivity index (χ4v) is 7.70. The van der Waals surface area contributed by atoms with Gasteiger partial charge in [0.25, 0.3) is 5.91 Å². The molecule has 9 rings (SSSR count). The summed E-state index contributed by atoms with van der Waals surface area (Å²) in [5.41, 5.74) is 9.01. The Bertz CT molecular complexity index is 2810. The van der Waals surface area contributed by atoms with Crippen molar-refractivity contribution >= 4 is 66.0 Å². The number of rotatable bonds is 5. The molecule has 5 nitrogen and oxygen atoms in total. The quantitative estimate of drug-likeness (QED) is 0.193. The van der Waals surface area contributed by atoms with Crippen molar-refractivity contribution in [2.24, 2.45) is 0 Å². The predicted octanol–water partition coefficient (Wildman–Crippen LogP) is 11.1. The number of fused-ring (bicyclic) bond motifs is 7. The van der Waals surface area contributed by atoms with Crippen LogP contribution in [0.4, 0.5) is 5.69 Å². The molecule has 1 amide bonds. The van der Waals surface area contributed by atoms with Crippen molar-refractivity contribution in [2.45, 2.75) is 32.8 Å². The monoisotopic (exact) mass is 663 g/mol. The third-order valence-electron chi connectivity index (χ3n) is 10.3. The fraction of sp³-hybridized carbons (Fsp3) is 0.109. The van der Waals surface area contributed by atoms with E-state index in [-0.39, 0.29) is 17.9 Å². The summed E-state index contributed by atoms with van der Waals surface area (Å²) >= 11 is 0. The Morgan fingerprint density at radius 2 is 1.22 bits per heavy atom. The molecule has 0 aliphatic carbocycles. The molecule has 0 unspecified atom stereocenters. The molecular weight excluding hydrogens is 627 g/mol. The minimum atomic E-state index is -0.296. The predicted molar refractivity (Wildman–Crippen MR) is 212 cm³/mol. The number of hydrogen-bond acceptors (Lipinski definition) is 2. The second kappa shape index (κ2) is 11.7. The van der Waals surface area contributed by atoms with Crippen LogP contribution < -0.4 is 5.32 Å². The average molecular weight is 664 g/mol. The third kappa shape index (κ3) is 5.00. The van der Waals surface area contributed by atoms with Crippen molar-refractivity contribution in [3.8, 4) is 11.4 Å². The lowest BCUT2D eigenvalue weighted by molar-refractivity contribution is 0.102. The molecule has 0 fully saturated rings. The first-order valence-electron chi connectivity index (χ1n) is 17.4. The van der Waals surface area contributed by atoms with Crippen molar-refractivity contribution in [1.82, 2.24) is 9.13 Å². The van der Waals surface area contributed by atoms with Crippen molar-refractivity contribution in [2.75, 3.05) is 5.32 Å². The molecule has 51 heavy (non-hydrogen) atoms. The number of aromatic nitrogens is 2. The number of anilines is 1. The van der Waals surface area contributed by atoms with E-state index in [1.165, 1.54) is 27.1 Å². The number of aliphatic hydroxyl groups is 1. The van der Waals surface area contributed by atoms with Gasteiger partial charge in [0, 0.05) is 44.0 Å². The van der Waals surface area contributed by atoms with Crippen LogP contribution in [-0.2, 0) is 12.0 Å². The lowest BCUT2D eigenvalue weighted by Gasteiger charge is -2.19. The number of carbonyl (C=O) groups excluding carboxylic acids is 1. The zero-order chi connectivity index (χ0) is 34.9. The van der Waals surface area contributed by atoms with Gasteiger partial charge in [-0.2, -0.15) is 0 Å². The number of benzene rings is 7. The van der Waals surface area contributed by atoms with E-state index >= 15 is 0 Å². The number of hydrogen-bond donors (Lipinski definition) is 2. The summed E-state index contributed by atoms with van der Waals surface area (Å²) in [6.45, 7) is 6.21. The van der Waals surface area contributed by atoms with Gasteiger partial charge in [-0.3, -0.25) is 4.79 Å². The number of nitrogens with one attached hydrogen (secondary N) is 1. The number of para-hydroxylation sites is 2. The zero-order valence-corrected chi connectivity index (χ0v) is 28.8. The van der Waals surface area contributed by atoms with Gasteiger partial charge in [0.05, 0.1) is 34.4 Å². The van der Waals surface area contributed by atoms with Crippen LogP contribution in [0.1, 0.15) is 42.3 Å². The number of aliphatic hydroxyl groups excluding tert-OH is 1. The molecule has 2 heterocycles. The fourth-order valence-electron chi connectivity index (χ4n) is 7.70. The maximum atomic E-state index is 13.9. The summed E-state index contributed by atoms with van der Waals surface area (Å²) in [5.74, 6) is -0.260. The van der Waals surface area contributed by atoms with Crippen LogP contribution >= 0.6 is 0 Å². The largest absolute Gasteiger partial charge is 0.392 e. The van der Waals surface area contributed by atoms with E-state index in [4.69, 9.17) is 0 Å². The van der Waals surface area contributed by atoms with Gasteiger partial charge < -0.3 is 19.6 Å². The molecule has 0 aliphatic heterocycles. The van der Waals surface area contributed by atoms with Crippen molar-refractivity contribution in [3.63, 3.8) is 0 Å². The Hall–Kier alpha value is -6.17. The molecule has 0 atom stereocenters. The average Bonchev–Trinajstić information content (AvgIpc) is 3.65. The SMILES string of the molecule is CC(C)(C)c1ccc(NC(=O)c2cccc(-n3c4ccccc4c4cc5c6ccccc6n(-c6ccc7ccccc7c6)c5cc43)c2CO)cc1. The Labute approximate surface area is 296 Å². The minimum Gasteiger partial charge on any atom is -0.392 e. The summed E-state index contributed by atoms with van der Waals surface area (Å²) in [4.78, 5) is 13.9. The van der Waals surface area contributed by atoms with E-state index in [0.29, 0.717) is 16.8 Å². The van der Waals surface area contributed by atoms with Crippen molar-refractivity contribution in [1.29, 1.82) is 0 Å². The molecule has 248 valence electrons. The molecule has 2 N–H and O–H groups in total. The van der Waals surface area contributed by atoms with E-state index in [0.717, 1.165) is 44.2 Å². The molecule has 9 aromatic rings.